The Labute approximate surface area is 215 Å². The highest BCUT2D eigenvalue weighted by molar-refractivity contribution is 4.48. The van der Waals surface area contributed by atoms with Crippen LogP contribution in [0.5, 0.6) is 0 Å². The van der Waals surface area contributed by atoms with Crippen molar-refractivity contribution in [2.24, 2.45) is 0 Å². The number of hydrogen-bond donors (Lipinski definition) is 2. The van der Waals surface area contributed by atoms with Crippen molar-refractivity contribution in [3.05, 3.63) is 0 Å². The molecule has 0 atom stereocenters. The van der Waals surface area contributed by atoms with E-state index in [2.05, 4.69) is 24.5 Å². The van der Waals surface area contributed by atoms with Gasteiger partial charge in [0.1, 0.15) is 0 Å². The van der Waals surface area contributed by atoms with Gasteiger partial charge >= 0.3 is 0 Å². The molecule has 0 aliphatic heterocycles. The topological polar surface area (TPSA) is 51.7 Å². The Morgan fingerprint density at radius 1 is 0.324 bits per heavy atom. The SMILES string of the molecule is CCCCCCCCCCCC[NH2+]CCOCCOCC[NH2+]CCCCCCCCCCCC. The van der Waals surface area contributed by atoms with E-state index in [1.54, 1.807) is 0 Å². The Morgan fingerprint density at radius 2 is 0.618 bits per heavy atom. The molecule has 0 bridgehead atoms. The summed E-state index contributed by atoms with van der Waals surface area (Å²) in [7, 11) is 0. The second-order valence-electron chi connectivity index (χ2n) is 10.3. The Morgan fingerprint density at radius 3 is 0.941 bits per heavy atom. The summed E-state index contributed by atoms with van der Waals surface area (Å²) in [6, 6.07) is 0. The second kappa shape index (κ2) is 32.8. The average Bonchev–Trinajstić information content (AvgIpc) is 2.85. The van der Waals surface area contributed by atoms with E-state index >= 15 is 0 Å². The van der Waals surface area contributed by atoms with E-state index in [1.165, 1.54) is 142 Å². The molecule has 4 N–H and O–H groups in total. The molecule has 0 rings (SSSR count). The molecule has 34 heavy (non-hydrogen) atoms. The molecule has 0 spiro atoms. The number of ether oxygens (including phenoxy) is 2. The fourth-order valence-corrected chi connectivity index (χ4v) is 4.50. The van der Waals surface area contributed by atoms with E-state index in [0.29, 0.717) is 0 Å². The molecule has 0 fully saturated rings. The molecule has 4 heteroatoms. The first-order chi connectivity index (χ1) is 16.9. The number of rotatable bonds is 31. The Hall–Kier alpha value is -0.160. The van der Waals surface area contributed by atoms with Crippen LogP contribution in [0.15, 0.2) is 0 Å². The molecule has 206 valence electrons. The second-order valence-corrected chi connectivity index (χ2v) is 10.3. The standard InChI is InChI=1S/C30H64N2O2/c1-3-5-7-9-11-13-15-17-19-21-23-31-25-27-33-29-30-34-28-26-32-24-22-20-18-16-14-12-10-8-6-4-2/h31-32H,3-30H2,1-2H3/p+2. The zero-order valence-electron chi connectivity index (χ0n) is 23.8. The third kappa shape index (κ3) is 31.8. The zero-order chi connectivity index (χ0) is 24.6. The smallest absolute Gasteiger partial charge is 0.0993 e. The van der Waals surface area contributed by atoms with Gasteiger partial charge in [0.2, 0.25) is 0 Å². The summed E-state index contributed by atoms with van der Waals surface area (Å²) in [6.07, 6.45) is 28.4. The third-order valence-electron chi connectivity index (χ3n) is 6.83. The van der Waals surface area contributed by atoms with Crippen molar-refractivity contribution in [2.75, 3.05) is 52.6 Å². The van der Waals surface area contributed by atoms with Gasteiger partial charge in [-0.3, -0.25) is 0 Å². The summed E-state index contributed by atoms with van der Waals surface area (Å²) in [5.74, 6) is 0. The fourth-order valence-electron chi connectivity index (χ4n) is 4.50. The quantitative estimate of drug-likeness (QED) is 0.118. The summed E-state index contributed by atoms with van der Waals surface area (Å²) in [6.45, 7) is 12.5. The molecule has 0 aromatic heterocycles. The van der Waals surface area contributed by atoms with Gasteiger partial charge in [0.25, 0.3) is 0 Å². The maximum Gasteiger partial charge on any atom is 0.0993 e. The lowest BCUT2D eigenvalue weighted by Gasteiger charge is -2.06. The van der Waals surface area contributed by atoms with Crippen molar-refractivity contribution in [3.8, 4) is 0 Å². The van der Waals surface area contributed by atoms with E-state index in [-0.39, 0.29) is 0 Å². The lowest BCUT2D eigenvalue weighted by Crippen LogP contribution is -2.85. The predicted molar refractivity (Wildman–Crippen MR) is 149 cm³/mol. The number of unbranched alkanes of at least 4 members (excludes halogenated alkanes) is 18. The van der Waals surface area contributed by atoms with Gasteiger partial charge in [-0.05, 0) is 25.7 Å². The highest BCUT2D eigenvalue weighted by Gasteiger charge is 1.97. The molecule has 0 aliphatic carbocycles. The van der Waals surface area contributed by atoms with Crippen LogP contribution in [0.1, 0.15) is 142 Å². The zero-order valence-corrected chi connectivity index (χ0v) is 23.8. The summed E-state index contributed by atoms with van der Waals surface area (Å²) in [4.78, 5) is 0. The van der Waals surface area contributed by atoms with Crippen LogP contribution < -0.4 is 10.6 Å². The number of quaternary nitrogens is 2. The normalized spacial score (nSPS) is 11.5. The summed E-state index contributed by atoms with van der Waals surface area (Å²) >= 11 is 0. The summed E-state index contributed by atoms with van der Waals surface area (Å²) < 4.78 is 11.4. The van der Waals surface area contributed by atoms with Gasteiger partial charge in [-0.25, -0.2) is 0 Å². The molecular weight excluding hydrogens is 420 g/mol. The van der Waals surface area contributed by atoms with Crippen LogP contribution >= 0.6 is 0 Å². The van der Waals surface area contributed by atoms with Crippen LogP contribution in [-0.2, 0) is 9.47 Å². The molecule has 0 aliphatic rings. The van der Waals surface area contributed by atoms with Crippen LogP contribution in [-0.4, -0.2) is 52.6 Å². The molecule has 0 radical (unpaired) electrons. The lowest BCUT2D eigenvalue weighted by atomic mass is 10.1. The van der Waals surface area contributed by atoms with Crippen LogP contribution in [0.4, 0.5) is 0 Å². The summed E-state index contributed by atoms with van der Waals surface area (Å²) in [5.41, 5.74) is 0. The van der Waals surface area contributed by atoms with Gasteiger partial charge in [0.05, 0.1) is 52.6 Å². The van der Waals surface area contributed by atoms with Crippen LogP contribution in [0, 0.1) is 0 Å². The van der Waals surface area contributed by atoms with E-state index in [4.69, 9.17) is 9.47 Å². The van der Waals surface area contributed by atoms with Crippen molar-refractivity contribution < 1.29 is 20.1 Å². The van der Waals surface area contributed by atoms with Gasteiger partial charge in [-0.2, -0.15) is 0 Å². The highest BCUT2D eigenvalue weighted by atomic mass is 16.5. The first-order valence-corrected chi connectivity index (χ1v) is 15.7. The monoisotopic (exact) mass is 487 g/mol. The maximum atomic E-state index is 5.69. The molecule has 0 aromatic carbocycles. The Balaban J connectivity index is 2.99. The van der Waals surface area contributed by atoms with Gasteiger partial charge < -0.3 is 20.1 Å². The van der Waals surface area contributed by atoms with Gasteiger partial charge in [-0.1, -0.05) is 117 Å². The van der Waals surface area contributed by atoms with Crippen molar-refractivity contribution in [1.29, 1.82) is 0 Å². The van der Waals surface area contributed by atoms with Crippen molar-refractivity contribution in [1.82, 2.24) is 0 Å². The Bertz CT molecular complexity index is 310. The van der Waals surface area contributed by atoms with Crippen LogP contribution in [0.3, 0.4) is 0 Å². The van der Waals surface area contributed by atoms with Crippen LogP contribution in [0.2, 0.25) is 0 Å². The molecule has 0 amide bonds. The molecular formula is C30H66N2O2+2. The van der Waals surface area contributed by atoms with Gasteiger partial charge in [0.15, 0.2) is 0 Å². The number of nitrogens with two attached hydrogens (primary N) is 2. The molecule has 0 aromatic rings. The third-order valence-corrected chi connectivity index (χ3v) is 6.83. The first kappa shape index (κ1) is 33.8. The van der Waals surface area contributed by atoms with E-state index < -0.39 is 0 Å². The van der Waals surface area contributed by atoms with Crippen molar-refractivity contribution in [2.45, 2.75) is 142 Å². The fraction of sp³-hybridized carbons (Fsp3) is 1.00. The van der Waals surface area contributed by atoms with E-state index in [1.807, 2.05) is 0 Å². The maximum absolute atomic E-state index is 5.69. The minimum Gasteiger partial charge on any atom is -0.373 e. The lowest BCUT2D eigenvalue weighted by molar-refractivity contribution is -0.657. The minimum absolute atomic E-state index is 0.741. The minimum atomic E-state index is 0.741. The highest BCUT2D eigenvalue weighted by Crippen LogP contribution is 2.10. The van der Waals surface area contributed by atoms with Crippen molar-refractivity contribution in [3.63, 3.8) is 0 Å². The average molecular weight is 487 g/mol. The number of hydrogen-bond acceptors (Lipinski definition) is 2. The first-order valence-electron chi connectivity index (χ1n) is 15.7. The van der Waals surface area contributed by atoms with E-state index in [9.17, 15) is 0 Å². The van der Waals surface area contributed by atoms with E-state index in [0.717, 1.165) is 39.5 Å². The molecule has 0 heterocycles. The predicted octanol–water partition coefficient (Wildman–Crippen LogP) is 5.99. The molecule has 0 saturated heterocycles. The van der Waals surface area contributed by atoms with Gasteiger partial charge in [-0.15, -0.1) is 0 Å². The Kier molecular flexibility index (Phi) is 32.7. The van der Waals surface area contributed by atoms with Gasteiger partial charge in [0, 0.05) is 0 Å². The molecule has 4 nitrogen and oxygen atoms in total. The van der Waals surface area contributed by atoms with Crippen molar-refractivity contribution >= 4 is 0 Å². The molecule has 0 unspecified atom stereocenters. The molecule has 0 saturated carbocycles. The largest absolute Gasteiger partial charge is 0.373 e. The van der Waals surface area contributed by atoms with Crippen LogP contribution in [0.25, 0.3) is 0 Å². The summed E-state index contributed by atoms with van der Waals surface area (Å²) in [5, 5.41) is 4.82.